The van der Waals surface area contributed by atoms with Gasteiger partial charge in [0, 0.05) is 18.9 Å². The fourth-order valence-corrected chi connectivity index (χ4v) is 2.09. The summed E-state index contributed by atoms with van der Waals surface area (Å²) in [4.78, 5) is 4.11. The molecule has 1 heterocycles. The fourth-order valence-electron chi connectivity index (χ4n) is 2.09. The lowest BCUT2D eigenvalue weighted by atomic mass is 9.98. The molecule has 0 amide bonds. The molecule has 0 unspecified atom stereocenters. The van der Waals surface area contributed by atoms with Crippen molar-refractivity contribution in [2.24, 2.45) is 5.73 Å². The first-order valence-corrected chi connectivity index (χ1v) is 6.10. The number of hydrogen-bond acceptors (Lipinski definition) is 3. The van der Waals surface area contributed by atoms with Crippen LogP contribution in [0.5, 0.6) is 5.75 Å². The summed E-state index contributed by atoms with van der Waals surface area (Å²) in [5.41, 5.74) is 10.3. The van der Waals surface area contributed by atoms with Crippen molar-refractivity contribution in [3.05, 3.63) is 47.8 Å². The predicted octanol–water partition coefficient (Wildman–Crippen LogP) is 2.78. The molecule has 2 rings (SSSR count). The van der Waals surface area contributed by atoms with Crippen LogP contribution in [0.15, 0.2) is 36.7 Å². The van der Waals surface area contributed by atoms with E-state index in [2.05, 4.69) is 24.0 Å². The Labute approximate surface area is 108 Å². The minimum atomic E-state index is 0.497. The third-order valence-electron chi connectivity index (χ3n) is 3.10. The van der Waals surface area contributed by atoms with E-state index in [0.717, 1.165) is 28.9 Å². The minimum absolute atomic E-state index is 0.497. The molecule has 2 N–H and O–H groups in total. The lowest BCUT2D eigenvalue weighted by Crippen LogP contribution is -2.00. The van der Waals surface area contributed by atoms with Gasteiger partial charge in [-0.05, 0) is 46.9 Å². The Bertz CT molecular complexity index is 538. The molecule has 0 spiro atoms. The Hall–Kier alpha value is -1.87. The minimum Gasteiger partial charge on any atom is -0.496 e. The molecule has 0 saturated carbocycles. The second-order valence-electron chi connectivity index (χ2n) is 4.12. The van der Waals surface area contributed by atoms with Gasteiger partial charge in [-0.3, -0.25) is 4.98 Å². The summed E-state index contributed by atoms with van der Waals surface area (Å²) in [7, 11) is 1.70. The van der Waals surface area contributed by atoms with Crippen LogP contribution in [0.4, 0.5) is 0 Å². The first-order chi connectivity index (χ1) is 8.80. The van der Waals surface area contributed by atoms with E-state index in [4.69, 9.17) is 10.5 Å². The van der Waals surface area contributed by atoms with Gasteiger partial charge in [-0.25, -0.2) is 0 Å². The number of nitrogens with zero attached hydrogens (tertiary/aromatic N) is 1. The third kappa shape index (κ3) is 2.36. The monoisotopic (exact) mass is 242 g/mol. The van der Waals surface area contributed by atoms with Gasteiger partial charge in [0.25, 0.3) is 0 Å². The van der Waals surface area contributed by atoms with Crippen molar-refractivity contribution in [3.8, 4) is 16.9 Å². The van der Waals surface area contributed by atoms with Crippen LogP contribution in [0.3, 0.4) is 0 Å². The molecule has 0 atom stereocenters. The molecular formula is C15H18N2O. The van der Waals surface area contributed by atoms with Crippen LogP contribution >= 0.6 is 0 Å². The average Bonchev–Trinajstić information content (AvgIpc) is 2.46. The predicted molar refractivity (Wildman–Crippen MR) is 73.5 cm³/mol. The number of aryl methyl sites for hydroxylation is 1. The maximum atomic E-state index is 5.75. The van der Waals surface area contributed by atoms with E-state index in [-0.39, 0.29) is 0 Å². The number of methoxy groups -OCH3 is 1. The largest absolute Gasteiger partial charge is 0.496 e. The van der Waals surface area contributed by atoms with Crippen LogP contribution in [0, 0.1) is 0 Å². The zero-order chi connectivity index (χ0) is 13.0. The summed E-state index contributed by atoms with van der Waals surface area (Å²) in [5.74, 6) is 0.935. The van der Waals surface area contributed by atoms with Crippen LogP contribution in [-0.2, 0) is 13.0 Å². The number of aromatic nitrogens is 1. The number of nitrogens with two attached hydrogens (primary N) is 1. The molecule has 0 radical (unpaired) electrons. The van der Waals surface area contributed by atoms with Crippen LogP contribution in [0.25, 0.3) is 11.1 Å². The van der Waals surface area contributed by atoms with E-state index in [0.29, 0.717) is 6.54 Å². The van der Waals surface area contributed by atoms with Gasteiger partial charge < -0.3 is 10.5 Å². The van der Waals surface area contributed by atoms with E-state index in [1.807, 2.05) is 18.3 Å². The van der Waals surface area contributed by atoms with Crippen LogP contribution in [0.2, 0.25) is 0 Å². The lowest BCUT2D eigenvalue weighted by molar-refractivity contribution is 0.410. The number of ether oxygens (including phenoxy) is 1. The van der Waals surface area contributed by atoms with Gasteiger partial charge in [-0.2, -0.15) is 0 Å². The molecule has 18 heavy (non-hydrogen) atoms. The molecule has 2 aromatic rings. The van der Waals surface area contributed by atoms with Crippen molar-refractivity contribution >= 4 is 0 Å². The molecule has 0 aliphatic rings. The average molecular weight is 242 g/mol. The van der Waals surface area contributed by atoms with E-state index < -0.39 is 0 Å². The highest BCUT2D eigenvalue weighted by Gasteiger charge is 2.07. The normalized spacial score (nSPS) is 10.4. The van der Waals surface area contributed by atoms with E-state index >= 15 is 0 Å². The summed E-state index contributed by atoms with van der Waals surface area (Å²) in [6.07, 6.45) is 4.57. The SMILES string of the molecule is CCc1cc(-c2ccncc2CN)ccc1OC. The molecule has 1 aromatic heterocycles. The van der Waals surface area contributed by atoms with Crippen LogP contribution in [-0.4, -0.2) is 12.1 Å². The Morgan fingerprint density at radius 1 is 1.22 bits per heavy atom. The summed E-state index contributed by atoms with van der Waals surface area (Å²) < 4.78 is 5.35. The number of rotatable bonds is 4. The molecule has 3 heteroatoms. The second-order valence-corrected chi connectivity index (χ2v) is 4.12. The molecule has 0 aliphatic carbocycles. The van der Waals surface area contributed by atoms with Gasteiger partial charge in [0.2, 0.25) is 0 Å². The standard InChI is InChI=1S/C15H18N2O/c1-3-11-8-12(4-5-15(11)18-2)14-6-7-17-10-13(14)9-16/h4-8,10H,3,9,16H2,1-2H3. The van der Waals surface area contributed by atoms with Crippen molar-refractivity contribution in [2.45, 2.75) is 19.9 Å². The van der Waals surface area contributed by atoms with Gasteiger partial charge in [-0.1, -0.05) is 13.0 Å². The molecule has 0 aliphatic heterocycles. The maximum absolute atomic E-state index is 5.75. The molecule has 0 saturated heterocycles. The zero-order valence-corrected chi connectivity index (χ0v) is 10.8. The van der Waals surface area contributed by atoms with Gasteiger partial charge in [0.05, 0.1) is 7.11 Å². The second kappa shape index (κ2) is 5.65. The molecule has 94 valence electrons. The highest BCUT2D eigenvalue weighted by Crippen LogP contribution is 2.28. The van der Waals surface area contributed by atoms with Crippen molar-refractivity contribution in [3.63, 3.8) is 0 Å². The quantitative estimate of drug-likeness (QED) is 0.896. The lowest BCUT2D eigenvalue weighted by Gasteiger charge is -2.11. The highest BCUT2D eigenvalue weighted by molar-refractivity contribution is 5.68. The van der Waals surface area contributed by atoms with E-state index in [9.17, 15) is 0 Å². The molecule has 3 nitrogen and oxygen atoms in total. The first-order valence-electron chi connectivity index (χ1n) is 6.10. The number of hydrogen-bond donors (Lipinski definition) is 1. The molecule has 0 bridgehead atoms. The fraction of sp³-hybridized carbons (Fsp3) is 0.267. The molecule has 0 fully saturated rings. The maximum Gasteiger partial charge on any atom is 0.122 e. The first kappa shape index (κ1) is 12.6. The summed E-state index contributed by atoms with van der Waals surface area (Å²) in [5, 5.41) is 0. The van der Waals surface area contributed by atoms with Crippen LogP contribution < -0.4 is 10.5 Å². The van der Waals surface area contributed by atoms with Gasteiger partial charge >= 0.3 is 0 Å². The summed E-state index contributed by atoms with van der Waals surface area (Å²) >= 11 is 0. The number of pyridine rings is 1. The summed E-state index contributed by atoms with van der Waals surface area (Å²) in [6, 6.07) is 8.23. The third-order valence-corrected chi connectivity index (χ3v) is 3.10. The Balaban J connectivity index is 2.51. The van der Waals surface area contributed by atoms with Crippen molar-refractivity contribution < 1.29 is 4.74 Å². The van der Waals surface area contributed by atoms with E-state index in [1.165, 1.54) is 5.56 Å². The van der Waals surface area contributed by atoms with Gasteiger partial charge in [0.1, 0.15) is 5.75 Å². The Morgan fingerprint density at radius 3 is 2.72 bits per heavy atom. The highest BCUT2D eigenvalue weighted by atomic mass is 16.5. The van der Waals surface area contributed by atoms with E-state index in [1.54, 1.807) is 13.3 Å². The van der Waals surface area contributed by atoms with Crippen molar-refractivity contribution in [1.29, 1.82) is 0 Å². The van der Waals surface area contributed by atoms with Crippen LogP contribution in [0.1, 0.15) is 18.1 Å². The van der Waals surface area contributed by atoms with Crippen molar-refractivity contribution in [1.82, 2.24) is 4.98 Å². The Kier molecular flexibility index (Phi) is 3.95. The van der Waals surface area contributed by atoms with Crippen molar-refractivity contribution in [2.75, 3.05) is 7.11 Å². The zero-order valence-electron chi connectivity index (χ0n) is 10.8. The molecule has 1 aromatic carbocycles. The number of benzene rings is 1. The molecular weight excluding hydrogens is 224 g/mol. The topological polar surface area (TPSA) is 48.1 Å². The van der Waals surface area contributed by atoms with Gasteiger partial charge in [0.15, 0.2) is 0 Å². The summed E-state index contributed by atoms with van der Waals surface area (Å²) in [6.45, 7) is 2.62. The smallest absolute Gasteiger partial charge is 0.122 e. The van der Waals surface area contributed by atoms with Gasteiger partial charge in [-0.15, -0.1) is 0 Å². The Morgan fingerprint density at radius 2 is 2.06 bits per heavy atom.